The van der Waals surface area contributed by atoms with Gasteiger partial charge in [-0.1, -0.05) is 0 Å². The summed E-state index contributed by atoms with van der Waals surface area (Å²) in [5.74, 6) is 0. The summed E-state index contributed by atoms with van der Waals surface area (Å²) >= 11 is 0. The zero-order valence-corrected chi connectivity index (χ0v) is 14.6. The number of benzene rings is 1. The van der Waals surface area contributed by atoms with E-state index < -0.39 is 42.3 Å². The highest BCUT2D eigenvalue weighted by Crippen LogP contribution is 2.40. The van der Waals surface area contributed by atoms with E-state index >= 15 is 0 Å². The second kappa shape index (κ2) is 6.79. The minimum absolute atomic E-state index is 0.137. The molecule has 9 nitrogen and oxygen atoms in total. The van der Waals surface area contributed by atoms with Crippen molar-refractivity contribution < 1.29 is 32.3 Å². The highest BCUT2D eigenvalue weighted by molar-refractivity contribution is 7.50. The van der Waals surface area contributed by atoms with Gasteiger partial charge in [-0.15, -0.1) is 0 Å². The van der Waals surface area contributed by atoms with Gasteiger partial charge in [0.2, 0.25) is 0 Å². The quantitative estimate of drug-likeness (QED) is 0.503. The van der Waals surface area contributed by atoms with Crippen molar-refractivity contribution in [3.05, 3.63) is 38.4 Å². The second-order valence-corrected chi connectivity index (χ2v) is 7.59. The smallest absolute Gasteiger partial charge is 0.378 e. The van der Waals surface area contributed by atoms with E-state index in [1.165, 1.54) is 4.90 Å². The Bertz CT molecular complexity index is 1040. The van der Waals surface area contributed by atoms with Gasteiger partial charge in [0.1, 0.15) is 6.29 Å². The summed E-state index contributed by atoms with van der Waals surface area (Å²) in [7, 11) is -4.83. The molecule has 2 aromatic rings. The van der Waals surface area contributed by atoms with Crippen molar-refractivity contribution in [2.45, 2.75) is 12.5 Å². The molecule has 2 heterocycles. The van der Waals surface area contributed by atoms with Crippen LogP contribution in [0.1, 0.15) is 5.56 Å². The third-order valence-corrected chi connectivity index (χ3v) is 4.73. The van der Waals surface area contributed by atoms with Crippen LogP contribution in [-0.4, -0.2) is 45.6 Å². The van der Waals surface area contributed by atoms with Gasteiger partial charge in [0.15, 0.2) is 0 Å². The molecule has 148 valence electrons. The number of hydrogen-bond acceptors (Lipinski definition) is 5. The van der Waals surface area contributed by atoms with E-state index in [1.807, 2.05) is 0 Å². The summed E-state index contributed by atoms with van der Waals surface area (Å²) in [5.41, 5.74) is -4.39. The number of rotatable bonds is 3. The number of aromatic nitrogens is 2. The van der Waals surface area contributed by atoms with Crippen molar-refractivity contribution >= 4 is 24.3 Å². The molecule has 1 aromatic heterocycles. The maximum absolute atomic E-state index is 13.6. The third kappa shape index (κ3) is 4.08. The van der Waals surface area contributed by atoms with Crippen LogP contribution >= 0.6 is 7.60 Å². The molecule has 0 saturated carbocycles. The van der Waals surface area contributed by atoms with Gasteiger partial charge < -0.3 is 24.4 Å². The number of nitrogens with zero attached hydrogens (tertiary/aromatic N) is 2. The SMILES string of the molecule is O=c1[nH]c2cc(N3CCOCC3)c(C(F)(F)F)cc2n(CP(=O)(O)O)c1=O. The molecule has 0 unspecified atom stereocenters. The first-order valence-electron chi connectivity index (χ1n) is 7.73. The van der Waals surface area contributed by atoms with Crippen LogP contribution in [0, 0.1) is 0 Å². The standard InChI is InChI=1S/C14H15F3N3O6P/c15-14(16,17)8-5-11-9(6-10(8)19-1-3-26-4-2-19)18-12(21)13(22)20(11)7-27(23,24)25/h5-6H,1-4,7H2,(H,18,21)(H2,23,24,25). The van der Waals surface area contributed by atoms with Gasteiger partial charge in [0.25, 0.3) is 0 Å². The zero-order valence-electron chi connectivity index (χ0n) is 13.7. The zero-order chi connectivity index (χ0) is 20.0. The molecular weight excluding hydrogens is 394 g/mol. The Balaban J connectivity index is 2.33. The first-order chi connectivity index (χ1) is 12.5. The van der Waals surface area contributed by atoms with Crippen LogP contribution in [0.2, 0.25) is 0 Å². The number of nitrogens with one attached hydrogen (secondary N) is 1. The molecule has 27 heavy (non-hydrogen) atoms. The Morgan fingerprint density at radius 3 is 2.37 bits per heavy atom. The summed E-state index contributed by atoms with van der Waals surface area (Å²) in [6.45, 7) is 0.842. The molecule has 3 N–H and O–H groups in total. The molecular formula is C14H15F3N3O6P. The van der Waals surface area contributed by atoms with E-state index in [0.717, 1.165) is 6.07 Å². The van der Waals surface area contributed by atoms with Crippen LogP contribution in [0.5, 0.6) is 0 Å². The molecule has 1 saturated heterocycles. The van der Waals surface area contributed by atoms with Gasteiger partial charge in [-0.2, -0.15) is 13.2 Å². The fourth-order valence-corrected chi connectivity index (χ4v) is 3.57. The average Bonchev–Trinajstić information content (AvgIpc) is 2.57. The Labute approximate surface area is 149 Å². The van der Waals surface area contributed by atoms with Gasteiger partial charge in [0.05, 0.1) is 35.5 Å². The van der Waals surface area contributed by atoms with Crippen molar-refractivity contribution in [1.29, 1.82) is 0 Å². The highest BCUT2D eigenvalue weighted by Gasteiger charge is 2.36. The summed E-state index contributed by atoms with van der Waals surface area (Å²) < 4.78 is 57.6. The van der Waals surface area contributed by atoms with Crippen LogP contribution in [0.15, 0.2) is 21.7 Å². The molecule has 1 aliphatic rings. The minimum atomic E-state index is -4.83. The molecule has 1 aliphatic heterocycles. The number of fused-ring (bicyclic) bond motifs is 1. The lowest BCUT2D eigenvalue weighted by Crippen LogP contribution is -2.38. The lowest BCUT2D eigenvalue weighted by atomic mass is 10.1. The first kappa shape index (κ1) is 19.6. The van der Waals surface area contributed by atoms with Crippen LogP contribution in [-0.2, 0) is 21.8 Å². The molecule has 13 heteroatoms. The lowest BCUT2D eigenvalue weighted by molar-refractivity contribution is -0.137. The van der Waals surface area contributed by atoms with Crippen molar-refractivity contribution in [1.82, 2.24) is 9.55 Å². The molecule has 0 aliphatic carbocycles. The second-order valence-electron chi connectivity index (χ2n) is 5.98. The molecule has 1 aromatic carbocycles. The van der Waals surface area contributed by atoms with E-state index in [9.17, 15) is 27.3 Å². The normalized spacial score (nSPS) is 16.1. The van der Waals surface area contributed by atoms with E-state index in [4.69, 9.17) is 14.5 Å². The number of anilines is 1. The Morgan fingerprint density at radius 2 is 1.81 bits per heavy atom. The first-order valence-corrected chi connectivity index (χ1v) is 9.52. The maximum Gasteiger partial charge on any atom is 0.418 e. The van der Waals surface area contributed by atoms with Crippen molar-refractivity contribution in [2.24, 2.45) is 0 Å². The van der Waals surface area contributed by atoms with Gasteiger partial charge in [-0.3, -0.25) is 18.7 Å². The predicted octanol–water partition coefficient (Wildman–Crippen LogP) is 0.680. The van der Waals surface area contributed by atoms with Gasteiger partial charge in [0, 0.05) is 13.1 Å². The van der Waals surface area contributed by atoms with Crippen molar-refractivity contribution in [2.75, 3.05) is 31.2 Å². The number of hydrogen-bond donors (Lipinski definition) is 3. The van der Waals surface area contributed by atoms with Crippen LogP contribution < -0.4 is 16.0 Å². The lowest BCUT2D eigenvalue weighted by Gasteiger charge is -2.31. The monoisotopic (exact) mass is 409 g/mol. The molecule has 0 atom stereocenters. The molecule has 3 rings (SSSR count). The highest BCUT2D eigenvalue weighted by atomic mass is 31.2. The number of halogens is 3. The topological polar surface area (TPSA) is 125 Å². The molecule has 0 amide bonds. The summed E-state index contributed by atoms with van der Waals surface area (Å²) in [5, 5.41) is 0. The summed E-state index contributed by atoms with van der Waals surface area (Å²) in [6, 6.07) is 1.67. The molecule has 0 radical (unpaired) electrons. The Hall–Kier alpha value is -2.14. The number of alkyl halides is 3. The fourth-order valence-electron chi connectivity index (χ4n) is 2.93. The number of ether oxygens (including phenoxy) is 1. The van der Waals surface area contributed by atoms with Gasteiger partial charge in [-0.25, -0.2) is 0 Å². The Kier molecular flexibility index (Phi) is 4.93. The van der Waals surface area contributed by atoms with E-state index in [-0.39, 0.29) is 37.5 Å². The van der Waals surface area contributed by atoms with Gasteiger partial charge >= 0.3 is 24.9 Å². The van der Waals surface area contributed by atoms with Crippen LogP contribution in [0.4, 0.5) is 18.9 Å². The molecule has 0 bridgehead atoms. The third-order valence-electron chi connectivity index (χ3n) is 4.08. The number of morpholine rings is 1. The van der Waals surface area contributed by atoms with Crippen molar-refractivity contribution in [3.63, 3.8) is 0 Å². The Morgan fingerprint density at radius 1 is 1.19 bits per heavy atom. The van der Waals surface area contributed by atoms with Crippen LogP contribution in [0.3, 0.4) is 0 Å². The minimum Gasteiger partial charge on any atom is -0.378 e. The molecule has 0 spiro atoms. The largest absolute Gasteiger partial charge is 0.418 e. The van der Waals surface area contributed by atoms with E-state index in [0.29, 0.717) is 10.6 Å². The van der Waals surface area contributed by atoms with E-state index in [2.05, 4.69) is 4.98 Å². The predicted molar refractivity (Wildman–Crippen MR) is 88.9 cm³/mol. The average molecular weight is 409 g/mol. The number of aromatic amines is 1. The van der Waals surface area contributed by atoms with Crippen molar-refractivity contribution in [3.8, 4) is 0 Å². The van der Waals surface area contributed by atoms with Crippen LogP contribution in [0.25, 0.3) is 11.0 Å². The number of H-pyrrole nitrogens is 1. The summed E-state index contributed by atoms with van der Waals surface area (Å²) in [4.78, 5) is 45.7. The van der Waals surface area contributed by atoms with Gasteiger partial charge in [-0.05, 0) is 12.1 Å². The fraction of sp³-hybridized carbons (Fsp3) is 0.429. The maximum atomic E-state index is 13.6. The van der Waals surface area contributed by atoms with E-state index in [1.54, 1.807) is 0 Å². The molecule has 1 fully saturated rings. The summed E-state index contributed by atoms with van der Waals surface area (Å²) in [6.07, 6.45) is -6.00.